The van der Waals surface area contributed by atoms with E-state index >= 15 is 0 Å². The average molecular weight is 143 g/mol. The molecule has 4 heteroatoms. The Morgan fingerprint density at radius 1 is 1.25 bits per heavy atom. The Labute approximate surface area is 59.7 Å². The summed E-state index contributed by atoms with van der Waals surface area (Å²) in [7, 11) is 0. The van der Waals surface area contributed by atoms with Crippen molar-refractivity contribution in [3.05, 3.63) is 0 Å². The zero-order chi connectivity index (χ0) is 0. The molecule has 0 aliphatic rings. The van der Waals surface area contributed by atoms with E-state index < -0.39 is 0 Å². The first-order valence-corrected chi connectivity index (χ1v) is 0. The third-order valence-electron chi connectivity index (χ3n) is 0. The first kappa shape index (κ1) is 47.6. The van der Waals surface area contributed by atoms with Gasteiger partial charge in [-0.05, 0) is 0 Å². The first-order valence-electron chi connectivity index (χ1n) is 0. The largest absolute Gasteiger partial charge is 1.00 e. The third-order valence-corrected chi connectivity index (χ3v) is 0. The molecule has 0 spiro atoms. The summed E-state index contributed by atoms with van der Waals surface area (Å²) in [5, 5.41) is 0. The Bertz CT molecular complexity index is 11.6. The molecular formula is H4CoLiNNi. The fraction of sp³-hybridized carbons (Fsp3) is 0. The van der Waals surface area contributed by atoms with Crippen molar-refractivity contribution in [1.29, 1.82) is 0 Å². The van der Waals surface area contributed by atoms with Gasteiger partial charge >= 0.3 is 18.9 Å². The first-order chi connectivity index (χ1) is 0. The van der Waals surface area contributed by atoms with Gasteiger partial charge in [-0.1, -0.05) is 0 Å². The van der Waals surface area contributed by atoms with Crippen LogP contribution in [-0.2, 0) is 33.3 Å². The van der Waals surface area contributed by atoms with Gasteiger partial charge in [0.15, 0.2) is 0 Å². The second kappa shape index (κ2) is 23.8. The summed E-state index contributed by atoms with van der Waals surface area (Å²) < 4.78 is 0. The van der Waals surface area contributed by atoms with Crippen molar-refractivity contribution in [2.24, 2.45) is 0 Å². The van der Waals surface area contributed by atoms with Gasteiger partial charge in [-0.25, -0.2) is 0 Å². The standard InChI is InChI=1S/Co.Li.H3N.Ni.H/h;;1H3;;/q;+1;;;-1. The Morgan fingerprint density at radius 3 is 1.25 bits per heavy atom. The molecule has 0 aromatic heterocycles. The van der Waals surface area contributed by atoms with Crippen LogP contribution >= 0.6 is 0 Å². The van der Waals surface area contributed by atoms with Crippen LogP contribution in [0.25, 0.3) is 0 Å². The smallest absolute Gasteiger partial charge is 1.00 e. The second-order valence-corrected chi connectivity index (χ2v) is 0. The number of hydrogen-bond acceptors (Lipinski definition) is 1. The van der Waals surface area contributed by atoms with Gasteiger partial charge in [0.05, 0.1) is 0 Å². The molecule has 0 unspecified atom stereocenters. The maximum absolute atomic E-state index is 0. The van der Waals surface area contributed by atoms with E-state index in [1.54, 1.807) is 0 Å². The minimum absolute atomic E-state index is 0. The van der Waals surface area contributed by atoms with Crippen LogP contribution in [0.2, 0.25) is 0 Å². The van der Waals surface area contributed by atoms with Gasteiger partial charge in [0.25, 0.3) is 0 Å². The quantitative estimate of drug-likeness (QED) is 0.367. The van der Waals surface area contributed by atoms with Crippen molar-refractivity contribution < 1.29 is 53.6 Å². The van der Waals surface area contributed by atoms with Crippen molar-refractivity contribution in [2.75, 3.05) is 0 Å². The molecule has 4 heavy (non-hydrogen) atoms. The molecule has 0 aromatic carbocycles. The predicted octanol–water partition coefficient (Wildman–Crippen LogP) is -2.73. The fourth-order valence-electron chi connectivity index (χ4n) is 0. The molecule has 1 nitrogen and oxygen atoms in total. The zero-order valence-corrected chi connectivity index (χ0v) is 4.39. The van der Waals surface area contributed by atoms with E-state index in [9.17, 15) is 0 Å². The second-order valence-electron chi connectivity index (χ2n) is 0. The van der Waals surface area contributed by atoms with Gasteiger partial charge in [0.2, 0.25) is 0 Å². The normalized spacial score (nSPS) is 0. The van der Waals surface area contributed by atoms with E-state index in [0.717, 1.165) is 0 Å². The van der Waals surface area contributed by atoms with Crippen LogP contribution in [0.4, 0.5) is 0 Å². The summed E-state index contributed by atoms with van der Waals surface area (Å²) in [5.41, 5.74) is 0. The third kappa shape index (κ3) is 9.59. The monoisotopic (exact) mass is 142 g/mol. The summed E-state index contributed by atoms with van der Waals surface area (Å²) in [6.07, 6.45) is 0. The maximum Gasteiger partial charge on any atom is 1.00 e. The van der Waals surface area contributed by atoms with Crippen LogP contribution in [0.5, 0.6) is 0 Å². The van der Waals surface area contributed by atoms with Crippen LogP contribution in [-0.4, -0.2) is 0 Å². The van der Waals surface area contributed by atoms with Gasteiger partial charge in [-0.15, -0.1) is 0 Å². The molecule has 0 aromatic rings. The van der Waals surface area contributed by atoms with E-state index in [-0.39, 0.29) is 59.7 Å². The summed E-state index contributed by atoms with van der Waals surface area (Å²) in [6.45, 7) is 0. The summed E-state index contributed by atoms with van der Waals surface area (Å²) in [6, 6.07) is 0. The molecule has 29 valence electrons. The molecule has 3 N–H and O–H groups in total. The van der Waals surface area contributed by atoms with Gasteiger partial charge in [0, 0.05) is 33.3 Å². The fourth-order valence-corrected chi connectivity index (χ4v) is 0. The van der Waals surface area contributed by atoms with E-state index in [1.165, 1.54) is 0 Å². The van der Waals surface area contributed by atoms with E-state index in [1.807, 2.05) is 0 Å². The predicted molar refractivity (Wildman–Crippen MR) is 6.13 cm³/mol. The molecule has 0 saturated heterocycles. The topological polar surface area (TPSA) is 35.0 Å². The molecule has 0 aliphatic heterocycles. The molecule has 0 rings (SSSR count). The molecule has 0 atom stereocenters. The molecule has 0 saturated carbocycles. The Kier molecular flexibility index (Phi) is 283. The minimum Gasteiger partial charge on any atom is -1.00 e. The van der Waals surface area contributed by atoms with E-state index in [4.69, 9.17) is 0 Å². The summed E-state index contributed by atoms with van der Waals surface area (Å²) in [4.78, 5) is 0. The molecule has 1 radical (unpaired) electrons. The van der Waals surface area contributed by atoms with Gasteiger partial charge in [-0.3, -0.25) is 0 Å². The Morgan fingerprint density at radius 2 is 1.25 bits per heavy atom. The molecule has 0 amide bonds. The Balaban J connectivity index is 0. The molecule has 0 bridgehead atoms. The zero-order valence-electron chi connectivity index (χ0n) is 3.36. The van der Waals surface area contributed by atoms with E-state index in [2.05, 4.69) is 0 Å². The summed E-state index contributed by atoms with van der Waals surface area (Å²) in [5.74, 6) is 0. The molecule has 0 aliphatic carbocycles. The van der Waals surface area contributed by atoms with Gasteiger partial charge < -0.3 is 7.58 Å². The molecule has 0 heterocycles. The van der Waals surface area contributed by atoms with E-state index in [0.29, 0.717) is 0 Å². The van der Waals surface area contributed by atoms with Gasteiger partial charge in [0.1, 0.15) is 0 Å². The van der Waals surface area contributed by atoms with Crippen LogP contribution in [0.15, 0.2) is 0 Å². The minimum atomic E-state index is 0. The molecule has 0 fully saturated rings. The van der Waals surface area contributed by atoms with Crippen molar-refractivity contribution in [3.8, 4) is 0 Å². The van der Waals surface area contributed by atoms with Gasteiger partial charge in [-0.2, -0.15) is 0 Å². The van der Waals surface area contributed by atoms with Crippen LogP contribution in [0.3, 0.4) is 0 Å². The van der Waals surface area contributed by atoms with Crippen molar-refractivity contribution in [1.82, 2.24) is 6.15 Å². The molecular weight excluding hydrogens is 139 g/mol. The maximum atomic E-state index is 0. The number of rotatable bonds is 0. The average Bonchev–Trinajstić information content (AvgIpc) is 0. The van der Waals surface area contributed by atoms with Crippen molar-refractivity contribution in [3.63, 3.8) is 0 Å². The number of hydrogen-bond donors (Lipinski definition) is 1. The van der Waals surface area contributed by atoms with Crippen molar-refractivity contribution in [2.45, 2.75) is 0 Å². The SMILES string of the molecule is N.[Co].[H-].[Li+].[Ni]. The van der Waals surface area contributed by atoms with Crippen molar-refractivity contribution >= 4 is 0 Å². The van der Waals surface area contributed by atoms with Crippen LogP contribution in [0, 0.1) is 0 Å². The van der Waals surface area contributed by atoms with Crippen LogP contribution < -0.4 is 25.0 Å². The summed E-state index contributed by atoms with van der Waals surface area (Å²) >= 11 is 0. The van der Waals surface area contributed by atoms with Crippen LogP contribution in [0.1, 0.15) is 1.43 Å². The Hall–Kier alpha value is 1.56.